The molecule has 2 N–H and O–H groups in total. The van der Waals surface area contributed by atoms with Gasteiger partial charge in [-0.15, -0.1) is 0 Å². The average molecular weight is 230 g/mol. The van der Waals surface area contributed by atoms with E-state index in [1.54, 1.807) is 7.05 Å². The lowest BCUT2D eigenvalue weighted by atomic mass is 9.77. The van der Waals surface area contributed by atoms with E-state index in [1.165, 1.54) is 0 Å². The third-order valence-electron chi connectivity index (χ3n) is 2.52. The second kappa shape index (κ2) is 7.66. The zero-order valence-corrected chi connectivity index (χ0v) is 12.3. The van der Waals surface area contributed by atoms with Gasteiger partial charge in [0.15, 0.2) is 0 Å². The Bertz CT molecular complexity index is 198. The SMILES string of the molecule is CC.CNC(=O)CC(C)(C)CC(C)(C)NC. The van der Waals surface area contributed by atoms with E-state index < -0.39 is 0 Å². The van der Waals surface area contributed by atoms with Gasteiger partial charge < -0.3 is 10.6 Å². The van der Waals surface area contributed by atoms with Gasteiger partial charge in [-0.25, -0.2) is 0 Å². The Hall–Kier alpha value is -0.570. The molecule has 0 aliphatic heterocycles. The Morgan fingerprint density at radius 1 is 1.06 bits per heavy atom. The molecule has 0 aromatic carbocycles. The van der Waals surface area contributed by atoms with Gasteiger partial charge in [0.2, 0.25) is 5.91 Å². The third-order valence-corrected chi connectivity index (χ3v) is 2.52. The van der Waals surface area contributed by atoms with Crippen LogP contribution in [0, 0.1) is 5.41 Å². The monoisotopic (exact) mass is 230 g/mol. The molecule has 0 saturated heterocycles. The summed E-state index contributed by atoms with van der Waals surface area (Å²) in [5, 5.41) is 5.92. The molecule has 0 unspecified atom stereocenters. The van der Waals surface area contributed by atoms with Crippen LogP contribution in [-0.4, -0.2) is 25.5 Å². The van der Waals surface area contributed by atoms with Crippen LogP contribution in [0.4, 0.5) is 0 Å². The fourth-order valence-corrected chi connectivity index (χ4v) is 1.87. The molecule has 3 nitrogen and oxygen atoms in total. The molecule has 0 fully saturated rings. The lowest BCUT2D eigenvalue weighted by Crippen LogP contribution is -2.41. The first-order valence-corrected chi connectivity index (χ1v) is 6.12. The van der Waals surface area contributed by atoms with Crippen molar-refractivity contribution in [3.05, 3.63) is 0 Å². The van der Waals surface area contributed by atoms with Gasteiger partial charge in [0.05, 0.1) is 0 Å². The highest BCUT2D eigenvalue weighted by Gasteiger charge is 2.29. The van der Waals surface area contributed by atoms with Crippen LogP contribution in [-0.2, 0) is 4.79 Å². The van der Waals surface area contributed by atoms with E-state index in [1.807, 2.05) is 20.9 Å². The third kappa shape index (κ3) is 8.72. The molecular formula is C13H30N2O. The van der Waals surface area contributed by atoms with Gasteiger partial charge in [0, 0.05) is 19.0 Å². The van der Waals surface area contributed by atoms with Crippen LogP contribution in [0.5, 0.6) is 0 Å². The summed E-state index contributed by atoms with van der Waals surface area (Å²) in [7, 11) is 3.64. The first-order valence-electron chi connectivity index (χ1n) is 6.12. The van der Waals surface area contributed by atoms with Crippen molar-refractivity contribution in [2.45, 2.75) is 59.9 Å². The Morgan fingerprint density at radius 2 is 1.50 bits per heavy atom. The van der Waals surface area contributed by atoms with Crippen LogP contribution in [0.2, 0.25) is 0 Å². The number of carbonyl (C=O) groups is 1. The van der Waals surface area contributed by atoms with Crippen LogP contribution >= 0.6 is 0 Å². The fraction of sp³-hybridized carbons (Fsp3) is 0.923. The summed E-state index contributed by atoms with van der Waals surface area (Å²) in [4.78, 5) is 11.3. The van der Waals surface area contributed by atoms with Crippen molar-refractivity contribution in [2.75, 3.05) is 14.1 Å². The minimum atomic E-state index is 0.0343. The van der Waals surface area contributed by atoms with Gasteiger partial charge >= 0.3 is 0 Å². The quantitative estimate of drug-likeness (QED) is 0.762. The average Bonchev–Trinajstić information content (AvgIpc) is 2.18. The number of rotatable bonds is 5. The maximum atomic E-state index is 11.3. The molecular weight excluding hydrogens is 200 g/mol. The minimum Gasteiger partial charge on any atom is -0.359 e. The van der Waals surface area contributed by atoms with Gasteiger partial charge in [-0.1, -0.05) is 27.7 Å². The van der Waals surface area contributed by atoms with Crippen molar-refractivity contribution in [3.8, 4) is 0 Å². The summed E-state index contributed by atoms with van der Waals surface area (Å²) >= 11 is 0. The van der Waals surface area contributed by atoms with Crippen molar-refractivity contribution in [2.24, 2.45) is 5.41 Å². The zero-order valence-electron chi connectivity index (χ0n) is 12.3. The first kappa shape index (κ1) is 17.8. The Morgan fingerprint density at radius 3 is 1.81 bits per heavy atom. The molecule has 0 heterocycles. The van der Waals surface area contributed by atoms with Crippen LogP contribution in [0.3, 0.4) is 0 Å². The molecule has 0 atom stereocenters. The summed E-state index contributed by atoms with van der Waals surface area (Å²) in [6, 6.07) is 0. The molecule has 0 aromatic heterocycles. The lowest BCUT2D eigenvalue weighted by molar-refractivity contribution is -0.122. The van der Waals surface area contributed by atoms with Gasteiger partial charge in [-0.2, -0.15) is 0 Å². The summed E-state index contributed by atoms with van der Waals surface area (Å²) in [5.74, 6) is 0.113. The number of hydrogen-bond acceptors (Lipinski definition) is 2. The molecule has 98 valence electrons. The highest BCUT2D eigenvalue weighted by molar-refractivity contribution is 5.76. The highest BCUT2D eigenvalue weighted by Crippen LogP contribution is 2.30. The van der Waals surface area contributed by atoms with Gasteiger partial charge in [0.1, 0.15) is 0 Å². The van der Waals surface area contributed by atoms with E-state index in [2.05, 4.69) is 38.3 Å². The summed E-state index contributed by atoms with van der Waals surface area (Å²) in [6.45, 7) is 12.6. The van der Waals surface area contributed by atoms with Crippen molar-refractivity contribution in [3.63, 3.8) is 0 Å². The van der Waals surface area contributed by atoms with Gasteiger partial charge in [-0.3, -0.25) is 4.79 Å². The van der Waals surface area contributed by atoms with E-state index in [9.17, 15) is 4.79 Å². The summed E-state index contributed by atoms with van der Waals surface area (Å²) in [5.41, 5.74) is 0.115. The highest BCUT2D eigenvalue weighted by atomic mass is 16.1. The van der Waals surface area contributed by atoms with Crippen molar-refractivity contribution < 1.29 is 4.79 Å². The van der Waals surface area contributed by atoms with Crippen LogP contribution in [0.1, 0.15) is 54.4 Å². The molecule has 3 heteroatoms. The molecule has 0 aromatic rings. The standard InChI is InChI=1S/C11H24N2O.C2H6/c1-10(2,7-9(14)12-5)8-11(3,4)13-6;1-2/h13H,7-8H2,1-6H3,(H,12,14);1-2H3. The lowest BCUT2D eigenvalue weighted by Gasteiger charge is -2.34. The maximum absolute atomic E-state index is 11.3. The van der Waals surface area contributed by atoms with Gasteiger partial charge in [0.25, 0.3) is 0 Å². The summed E-state index contributed by atoms with van der Waals surface area (Å²) in [6.07, 6.45) is 1.55. The number of hydrogen-bond donors (Lipinski definition) is 2. The molecule has 0 saturated carbocycles. The van der Waals surface area contributed by atoms with Crippen LogP contribution < -0.4 is 10.6 Å². The molecule has 0 radical (unpaired) electrons. The number of amides is 1. The molecule has 0 rings (SSSR count). The van der Waals surface area contributed by atoms with E-state index in [0.717, 1.165) is 6.42 Å². The number of carbonyl (C=O) groups excluding carboxylic acids is 1. The molecule has 0 aliphatic carbocycles. The molecule has 16 heavy (non-hydrogen) atoms. The molecule has 1 amide bonds. The van der Waals surface area contributed by atoms with Crippen molar-refractivity contribution in [1.29, 1.82) is 0 Å². The molecule has 0 aliphatic rings. The topological polar surface area (TPSA) is 41.1 Å². The smallest absolute Gasteiger partial charge is 0.220 e. The maximum Gasteiger partial charge on any atom is 0.220 e. The Balaban J connectivity index is 0. The van der Waals surface area contributed by atoms with E-state index in [4.69, 9.17) is 0 Å². The largest absolute Gasteiger partial charge is 0.359 e. The number of nitrogens with one attached hydrogen (secondary N) is 2. The van der Waals surface area contributed by atoms with E-state index in [0.29, 0.717) is 6.42 Å². The minimum absolute atomic E-state index is 0.0343. The first-order chi connectivity index (χ1) is 7.22. The van der Waals surface area contributed by atoms with E-state index >= 15 is 0 Å². The normalized spacial score (nSPS) is 11.5. The van der Waals surface area contributed by atoms with Gasteiger partial charge in [-0.05, 0) is 32.7 Å². The van der Waals surface area contributed by atoms with Crippen molar-refractivity contribution >= 4 is 5.91 Å². The van der Waals surface area contributed by atoms with E-state index in [-0.39, 0.29) is 16.9 Å². The van der Waals surface area contributed by atoms with Crippen LogP contribution in [0.25, 0.3) is 0 Å². The second-order valence-electron chi connectivity index (χ2n) is 5.32. The predicted molar refractivity (Wildman–Crippen MR) is 71.6 cm³/mol. The summed E-state index contributed by atoms with van der Waals surface area (Å²) < 4.78 is 0. The molecule has 0 spiro atoms. The Kier molecular flexibility index (Phi) is 8.53. The Labute approximate surface area is 101 Å². The fourth-order valence-electron chi connectivity index (χ4n) is 1.87. The zero-order chi connectivity index (χ0) is 13.4. The van der Waals surface area contributed by atoms with Crippen LogP contribution in [0.15, 0.2) is 0 Å². The second-order valence-corrected chi connectivity index (χ2v) is 5.32. The predicted octanol–water partition coefficient (Wildman–Crippen LogP) is 2.56. The molecule has 0 bridgehead atoms. The van der Waals surface area contributed by atoms with Crippen molar-refractivity contribution in [1.82, 2.24) is 10.6 Å².